The molecule has 0 radical (unpaired) electrons. The van der Waals surface area contributed by atoms with E-state index in [1.54, 1.807) is 12.1 Å². The van der Waals surface area contributed by atoms with E-state index in [-0.39, 0.29) is 12.3 Å². The molecule has 4 nitrogen and oxygen atoms in total. The summed E-state index contributed by atoms with van der Waals surface area (Å²) in [4.78, 5) is 12.5. The van der Waals surface area contributed by atoms with E-state index in [1.165, 1.54) is 12.1 Å². The van der Waals surface area contributed by atoms with Crippen molar-refractivity contribution in [2.24, 2.45) is 0 Å². The second-order valence-corrected chi connectivity index (χ2v) is 4.44. The van der Waals surface area contributed by atoms with Crippen LogP contribution < -0.4 is 4.74 Å². The van der Waals surface area contributed by atoms with Crippen LogP contribution in [0.25, 0.3) is 0 Å². The molecule has 1 unspecified atom stereocenters. The van der Waals surface area contributed by atoms with Crippen LogP contribution in [0.4, 0.5) is 13.2 Å². The van der Waals surface area contributed by atoms with E-state index < -0.39 is 12.5 Å². The quantitative estimate of drug-likeness (QED) is 0.795. The summed E-state index contributed by atoms with van der Waals surface area (Å²) < 4.78 is 46.1. The number of morpholine rings is 1. The van der Waals surface area contributed by atoms with E-state index in [2.05, 4.69) is 4.74 Å². The molecule has 0 spiro atoms. The summed E-state index contributed by atoms with van der Waals surface area (Å²) in [6, 6.07) is 5.99. The molecule has 1 aliphatic rings. The number of nitrogens with zero attached hydrogens (tertiary/aromatic N) is 1. The fourth-order valence-corrected chi connectivity index (χ4v) is 2.06. The number of ether oxygens (including phenoxy) is 2. The summed E-state index contributed by atoms with van der Waals surface area (Å²) in [5.74, 6) is -0.214. The molecule has 0 aliphatic carbocycles. The molecule has 1 aromatic rings. The minimum Gasteiger partial charge on any atom is -0.405 e. The van der Waals surface area contributed by atoms with Crippen molar-refractivity contribution in [2.45, 2.75) is 19.0 Å². The van der Waals surface area contributed by atoms with Gasteiger partial charge in [0.25, 0.3) is 0 Å². The summed E-state index contributed by atoms with van der Waals surface area (Å²) in [5.41, 5.74) is 0.427. The molecule has 0 saturated carbocycles. The molecule has 1 fully saturated rings. The molecule has 1 atom stereocenters. The fraction of sp³-hybridized carbons (Fsp3) is 0.462. The first kappa shape index (κ1) is 14.8. The molecule has 1 aromatic carbocycles. The molecule has 0 N–H and O–H groups in total. The topological polar surface area (TPSA) is 38.8 Å². The lowest BCUT2D eigenvalue weighted by molar-refractivity contribution is -0.275. The maximum atomic E-state index is 12.3. The molecule has 0 bridgehead atoms. The third-order valence-electron chi connectivity index (χ3n) is 2.92. The summed E-state index contributed by atoms with van der Waals surface area (Å²) >= 11 is 0. The van der Waals surface area contributed by atoms with Gasteiger partial charge >= 0.3 is 6.36 Å². The Morgan fingerprint density at radius 1 is 1.40 bits per heavy atom. The fourth-order valence-electron chi connectivity index (χ4n) is 2.06. The first-order valence-electron chi connectivity index (χ1n) is 6.11. The Balaban J connectivity index is 2.07. The molecule has 2 rings (SSSR count). The average Bonchev–Trinajstić information content (AvgIpc) is 2.40. The van der Waals surface area contributed by atoms with Crippen molar-refractivity contribution >= 4 is 6.29 Å². The molecule has 0 aromatic heterocycles. The second-order valence-electron chi connectivity index (χ2n) is 4.44. The highest BCUT2D eigenvalue weighted by atomic mass is 19.4. The van der Waals surface area contributed by atoms with E-state index in [9.17, 15) is 18.0 Å². The van der Waals surface area contributed by atoms with E-state index >= 15 is 0 Å². The molecule has 110 valence electrons. The Kier molecular flexibility index (Phi) is 4.61. The number of aldehydes is 1. The molecular weight excluding hydrogens is 275 g/mol. The molecule has 7 heteroatoms. The number of rotatable bonds is 4. The number of alkyl halides is 3. The standard InChI is InChI=1S/C13H14F3NO3/c14-13(15,16)20-12-4-2-1-3-10(12)7-17-5-6-19-11(8-17)9-18/h1-4,9,11H,5-8H2. The zero-order valence-corrected chi connectivity index (χ0v) is 10.6. The number of halogens is 3. The smallest absolute Gasteiger partial charge is 0.405 e. The zero-order chi connectivity index (χ0) is 14.6. The van der Waals surface area contributed by atoms with Crippen molar-refractivity contribution in [3.8, 4) is 5.75 Å². The van der Waals surface area contributed by atoms with Crippen LogP contribution in [0.15, 0.2) is 24.3 Å². The van der Waals surface area contributed by atoms with Crippen LogP contribution in [0.3, 0.4) is 0 Å². The van der Waals surface area contributed by atoms with E-state index in [1.807, 2.05) is 4.90 Å². The predicted octanol–water partition coefficient (Wildman–Crippen LogP) is 1.98. The van der Waals surface area contributed by atoms with Crippen LogP contribution >= 0.6 is 0 Å². The van der Waals surface area contributed by atoms with Gasteiger partial charge in [0, 0.05) is 25.2 Å². The van der Waals surface area contributed by atoms with Crippen molar-refractivity contribution in [3.05, 3.63) is 29.8 Å². The van der Waals surface area contributed by atoms with Crippen molar-refractivity contribution < 1.29 is 27.4 Å². The number of carbonyl (C=O) groups excluding carboxylic acids is 1. The van der Waals surface area contributed by atoms with Gasteiger partial charge in [0.05, 0.1) is 6.61 Å². The highest BCUT2D eigenvalue weighted by molar-refractivity contribution is 5.56. The third kappa shape index (κ3) is 4.21. The maximum absolute atomic E-state index is 12.3. The Morgan fingerprint density at radius 3 is 2.85 bits per heavy atom. The van der Waals surface area contributed by atoms with E-state index in [0.717, 1.165) is 0 Å². The van der Waals surface area contributed by atoms with Gasteiger partial charge in [-0.2, -0.15) is 0 Å². The monoisotopic (exact) mass is 289 g/mol. The lowest BCUT2D eigenvalue weighted by Crippen LogP contribution is -2.42. The summed E-state index contributed by atoms with van der Waals surface area (Å²) in [5, 5.41) is 0. The summed E-state index contributed by atoms with van der Waals surface area (Å²) in [7, 11) is 0. The van der Waals surface area contributed by atoms with Crippen LogP contribution in [-0.2, 0) is 16.1 Å². The van der Waals surface area contributed by atoms with E-state index in [4.69, 9.17) is 4.74 Å². The molecule has 1 heterocycles. The van der Waals surface area contributed by atoms with Gasteiger partial charge in [-0.15, -0.1) is 13.2 Å². The normalized spacial score (nSPS) is 20.6. The van der Waals surface area contributed by atoms with Gasteiger partial charge in [-0.3, -0.25) is 4.90 Å². The lowest BCUT2D eigenvalue weighted by atomic mass is 10.1. The van der Waals surface area contributed by atoms with Crippen molar-refractivity contribution in [2.75, 3.05) is 19.7 Å². The Hall–Kier alpha value is -1.60. The summed E-state index contributed by atoms with van der Waals surface area (Å²) in [6.07, 6.45) is -4.55. The van der Waals surface area contributed by atoms with Gasteiger partial charge < -0.3 is 14.3 Å². The highest BCUT2D eigenvalue weighted by Crippen LogP contribution is 2.27. The van der Waals surface area contributed by atoms with Crippen LogP contribution in [0.5, 0.6) is 5.75 Å². The van der Waals surface area contributed by atoms with Gasteiger partial charge in [0.1, 0.15) is 18.1 Å². The molecular formula is C13H14F3NO3. The molecule has 1 aliphatic heterocycles. The largest absolute Gasteiger partial charge is 0.573 e. The highest BCUT2D eigenvalue weighted by Gasteiger charge is 2.32. The number of carbonyl (C=O) groups is 1. The van der Waals surface area contributed by atoms with Gasteiger partial charge in [-0.1, -0.05) is 18.2 Å². The predicted molar refractivity (Wildman–Crippen MR) is 64.2 cm³/mol. The minimum atomic E-state index is -4.72. The first-order valence-corrected chi connectivity index (χ1v) is 6.11. The van der Waals surface area contributed by atoms with Crippen LogP contribution in [0.1, 0.15) is 5.56 Å². The van der Waals surface area contributed by atoms with Crippen LogP contribution in [0, 0.1) is 0 Å². The number of benzene rings is 1. The third-order valence-corrected chi connectivity index (χ3v) is 2.92. The van der Waals surface area contributed by atoms with Crippen LogP contribution in [0.2, 0.25) is 0 Å². The number of hydrogen-bond acceptors (Lipinski definition) is 4. The van der Waals surface area contributed by atoms with Crippen molar-refractivity contribution in [1.29, 1.82) is 0 Å². The Bertz CT molecular complexity index is 464. The zero-order valence-electron chi connectivity index (χ0n) is 10.6. The lowest BCUT2D eigenvalue weighted by Gasteiger charge is -2.30. The van der Waals surface area contributed by atoms with Gasteiger partial charge in [-0.05, 0) is 6.07 Å². The Morgan fingerprint density at radius 2 is 2.15 bits per heavy atom. The summed E-state index contributed by atoms with van der Waals surface area (Å²) in [6.45, 7) is 1.58. The Labute approximate surface area is 114 Å². The molecule has 0 amide bonds. The minimum absolute atomic E-state index is 0.214. The van der Waals surface area contributed by atoms with Gasteiger partial charge in [0.2, 0.25) is 0 Å². The van der Waals surface area contributed by atoms with Crippen molar-refractivity contribution in [1.82, 2.24) is 4.90 Å². The average molecular weight is 289 g/mol. The van der Waals surface area contributed by atoms with Gasteiger partial charge in [0.15, 0.2) is 0 Å². The number of para-hydroxylation sites is 1. The molecule has 1 saturated heterocycles. The van der Waals surface area contributed by atoms with Gasteiger partial charge in [-0.25, -0.2) is 0 Å². The SMILES string of the molecule is O=CC1CN(Cc2ccccc2OC(F)(F)F)CCO1. The molecule has 20 heavy (non-hydrogen) atoms. The second kappa shape index (κ2) is 6.23. The maximum Gasteiger partial charge on any atom is 0.573 e. The van der Waals surface area contributed by atoms with Crippen LogP contribution in [-0.4, -0.2) is 43.3 Å². The first-order chi connectivity index (χ1) is 9.48. The number of hydrogen-bond donors (Lipinski definition) is 0. The van der Waals surface area contributed by atoms with Crippen molar-refractivity contribution in [3.63, 3.8) is 0 Å². The van der Waals surface area contributed by atoms with E-state index in [0.29, 0.717) is 31.5 Å².